The minimum absolute atomic E-state index is 0.143. The number of rotatable bonds is 5. The highest BCUT2D eigenvalue weighted by Crippen LogP contribution is 2.22. The molecule has 4 aromatic rings. The highest BCUT2D eigenvalue weighted by atomic mass is 16.2. The van der Waals surface area contributed by atoms with Crippen molar-refractivity contribution in [1.29, 1.82) is 0 Å². The minimum Gasteiger partial charge on any atom is -0.345 e. The Hall–Kier alpha value is -4.00. The van der Waals surface area contributed by atoms with E-state index in [0.29, 0.717) is 16.9 Å². The summed E-state index contributed by atoms with van der Waals surface area (Å²) in [6.07, 6.45) is 3.21. The largest absolute Gasteiger partial charge is 0.345 e. The zero-order valence-electron chi connectivity index (χ0n) is 16.7. The van der Waals surface area contributed by atoms with Gasteiger partial charge in [0.25, 0.3) is 5.91 Å². The van der Waals surface area contributed by atoms with Crippen LogP contribution < -0.4 is 10.6 Å². The maximum atomic E-state index is 12.9. The van der Waals surface area contributed by atoms with E-state index in [0.717, 1.165) is 16.8 Å². The highest BCUT2D eigenvalue weighted by Gasteiger charge is 2.18. The fraction of sp³-hybridized carbons (Fsp3) is 0.130. The molecule has 0 aliphatic heterocycles. The van der Waals surface area contributed by atoms with Gasteiger partial charge in [-0.15, -0.1) is 0 Å². The van der Waals surface area contributed by atoms with Gasteiger partial charge in [-0.2, -0.15) is 5.10 Å². The number of anilines is 1. The number of aromatic nitrogens is 3. The SMILES string of the molecule is CC(=O)Nc1cccc(C(C)NC(=O)c2cnn3c(-c4ccccc4)ccnc23)c1. The smallest absolute Gasteiger partial charge is 0.257 e. The Labute approximate surface area is 173 Å². The molecule has 1 unspecified atom stereocenters. The molecular weight excluding hydrogens is 378 g/mol. The van der Waals surface area contributed by atoms with E-state index in [9.17, 15) is 9.59 Å². The molecule has 30 heavy (non-hydrogen) atoms. The molecule has 2 aromatic carbocycles. The number of nitrogens with zero attached hydrogens (tertiary/aromatic N) is 3. The third-order valence-corrected chi connectivity index (χ3v) is 4.77. The van der Waals surface area contributed by atoms with E-state index < -0.39 is 0 Å². The van der Waals surface area contributed by atoms with Crippen LogP contribution in [0.5, 0.6) is 0 Å². The van der Waals surface area contributed by atoms with Crippen LogP contribution in [0.25, 0.3) is 16.9 Å². The van der Waals surface area contributed by atoms with Gasteiger partial charge in [0.15, 0.2) is 5.65 Å². The first-order chi connectivity index (χ1) is 14.5. The molecule has 7 heteroatoms. The molecule has 0 radical (unpaired) electrons. The van der Waals surface area contributed by atoms with E-state index >= 15 is 0 Å². The topological polar surface area (TPSA) is 88.4 Å². The first-order valence-corrected chi connectivity index (χ1v) is 9.59. The summed E-state index contributed by atoms with van der Waals surface area (Å²) in [4.78, 5) is 28.6. The van der Waals surface area contributed by atoms with Gasteiger partial charge in [0.1, 0.15) is 5.56 Å². The monoisotopic (exact) mass is 399 g/mol. The molecule has 2 N–H and O–H groups in total. The lowest BCUT2D eigenvalue weighted by molar-refractivity contribution is -0.114. The van der Waals surface area contributed by atoms with Gasteiger partial charge in [-0.05, 0) is 30.7 Å². The first kappa shape index (κ1) is 19.3. The average Bonchev–Trinajstić information content (AvgIpc) is 3.18. The normalized spacial score (nSPS) is 11.8. The average molecular weight is 399 g/mol. The van der Waals surface area contributed by atoms with E-state index in [4.69, 9.17) is 0 Å². The van der Waals surface area contributed by atoms with Crippen LogP contribution in [0.15, 0.2) is 73.1 Å². The number of hydrogen-bond acceptors (Lipinski definition) is 4. The zero-order valence-corrected chi connectivity index (χ0v) is 16.7. The molecule has 2 aromatic heterocycles. The van der Waals surface area contributed by atoms with Crippen LogP contribution in [0.3, 0.4) is 0 Å². The summed E-state index contributed by atoms with van der Waals surface area (Å²) in [6.45, 7) is 3.35. The van der Waals surface area contributed by atoms with Gasteiger partial charge in [0.05, 0.1) is 17.9 Å². The lowest BCUT2D eigenvalue weighted by Crippen LogP contribution is -2.26. The Morgan fingerprint density at radius 2 is 1.83 bits per heavy atom. The molecule has 0 saturated carbocycles. The second-order valence-corrected chi connectivity index (χ2v) is 6.99. The van der Waals surface area contributed by atoms with Gasteiger partial charge < -0.3 is 10.6 Å². The molecule has 2 heterocycles. The minimum atomic E-state index is -0.265. The van der Waals surface area contributed by atoms with Crippen molar-refractivity contribution in [2.45, 2.75) is 19.9 Å². The summed E-state index contributed by atoms with van der Waals surface area (Å²) >= 11 is 0. The van der Waals surface area contributed by atoms with Crippen molar-refractivity contribution in [1.82, 2.24) is 19.9 Å². The molecule has 0 fully saturated rings. The van der Waals surface area contributed by atoms with Crippen LogP contribution >= 0.6 is 0 Å². The molecule has 0 spiro atoms. The molecule has 1 atom stereocenters. The zero-order chi connectivity index (χ0) is 21.1. The molecule has 2 amide bonds. The molecule has 7 nitrogen and oxygen atoms in total. The first-order valence-electron chi connectivity index (χ1n) is 9.59. The van der Waals surface area contributed by atoms with Gasteiger partial charge in [-0.1, -0.05) is 42.5 Å². The molecule has 0 aliphatic carbocycles. The lowest BCUT2D eigenvalue weighted by Gasteiger charge is -2.15. The molecule has 0 aliphatic rings. The van der Waals surface area contributed by atoms with Crippen molar-refractivity contribution in [3.8, 4) is 11.3 Å². The number of carbonyl (C=O) groups excluding carboxylic acids is 2. The second kappa shape index (κ2) is 8.16. The van der Waals surface area contributed by atoms with Gasteiger partial charge in [0, 0.05) is 24.4 Å². The number of carbonyl (C=O) groups is 2. The highest BCUT2D eigenvalue weighted by molar-refractivity contribution is 6.00. The van der Waals surface area contributed by atoms with Crippen LogP contribution in [-0.4, -0.2) is 26.4 Å². The standard InChI is InChI=1S/C23H21N5O2/c1-15(18-9-6-10-19(13-18)27-16(2)29)26-23(30)20-14-25-28-21(11-12-24-22(20)28)17-7-4-3-5-8-17/h3-15H,1-2H3,(H,26,30)(H,27,29). The fourth-order valence-corrected chi connectivity index (χ4v) is 3.33. The van der Waals surface area contributed by atoms with E-state index in [2.05, 4.69) is 20.7 Å². The van der Waals surface area contributed by atoms with Crippen molar-refractivity contribution in [3.63, 3.8) is 0 Å². The molecule has 4 rings (SSSR count). The summed E-state index contributed by atoms with van der Waals surface area (Å²) in [5, 5.41) is 10.1. The second-order valence-electron chi connectivity index (χ2n) is 6.99. The fourth-order valence-electron chi connectivity index (χ4n) is 3.33. The van der Waals surface area contributed by atoms with Gasteiger partial charge in [0.2, 0.25) is 5.91 Å². The quantitative estimate of drug-likeness (QED) is 0.534. The Bertz CT molecular complexity index is 1220. The van der Waals surface area contributed by atoms with Crippen molar-refractivity contribution in [2.24, 2.45) is 0 Å². The predicted molar refractivity (Wildman–Crippen MR) is 115 cm³/mol. The lowest BCUT2D eigenvalue weighted by atomic mass is 10.1. The number of fused-ring (bicyclic) bond motifs is 1. The summed E-state index contributed by atoms with van der Waals surface area (Å²) in [6, 6.07) is 18.8. The van der Waals surface area contributed by atoms with Crippen LogP contribution in [0.2, 0.25) is 0 Å². The molecule has 150 valence electrons. The van der Waals surface area contributed by atoms with Crippen LogP contribution in [0.4, 0.5) is 5.69 Å². The number of nitrogens with one attached hydrogen (secondary N) is 2. The van der Waals surface area contributed by atoms with Crippen molar-refractivity contribution < 1.29 is 9.59 Å². The summed E-state index contributed by atoms with van der Waals surface area (Å²) in [5.74, 6) is -0.407. The predicted octanol–water partition coefficient (Wildman–Crippen LogP) is 3.85. The van der Waals surface area contributed by atoms with Crippen molar-refractivity contribution >= 4 is 23.1 Å². The number of amides is 2. The van der Waals surface area contributed by atoms with Crippen LogP contribution in [-0.2, 0) is 4.79 Å². The van der Waals surface area contributed by atoms with Crippen LogP contribution in [0.1, 0.15) is 35.8 Å². The Balaban J connectivity index is 1.59. The summed E-state index contributed by atoms with van der Waals surface area (Å²) in [7, 11) is 0. The van der Waals surface area contributed by atoms with Gasteiger partial charge >= 0.3 is 0 Å². The van der Waals surface area contributed by atoms with Crippen molar-refractivity contribution in [3.05, 3.63) is 84.2 Å². The van der Waals surface area contributed by atoms with Crippen molar-refractivity contribution in [2.75, 3.05) is 5.32 Å². The number of benzene rings is 2. The Kier molecular flexibility index (Phi) is 5.26. The Morgan fingerprint density at radius 1 is 1.03 bits per heavy atom. The molecule has 0 bridgehead atoms. The number of hydrogen-bond donors (Lipinski definition) is 2. The van der Waals surface area contributed by atoms with Gasteiger partial charge in [-0.3, -0.25) is 9.59 Å². The molecular formula is C23H21N5O2. The van der Waals surface area contributed by atoms with E-state index in [1.807, 2.05) is 61.5 Å². The van der Waals surface area contributed by atoms with Crippen LogP contribution in [0, 0.1) is 0 Å². The maximum Gasteiger partial charge on any atom is 0.257 e. The van der Waals surface area contributed by atoms with E-state index in [1.54, 1.807) is 16.8 Å². The van der Waals surface area contributed by atoms with Gasteiger partial charge in [-0.25, -0.2) is 9.50 Å². The van der Waals surface area contributed by atoms with E-state index in [-0.39, 0.29) is 17.9 Å². The Morgan fingerprint density at radius 3 is 2.60 bits per heavy atom. The molecule has 0 saturated heterocycles. The third-order valence-electron chi connectivity index (χ3n) is 4.77. The summed E-state index contributed by atoms with van der Waals surface area (Å²) in [5.41, 5.74) is 4.31. The summed E-state index contributed by atoms with van der Waals surface area (Å²) < 4.78 is 1.67. The van der Waals surface area contributed by atoms with E-state index in [1.165, 1.54) is 13.1 Å². The third kappa shape index (κ3) is 3.91. The maximum absolute atomic E-state index is 12.9.